The molecule has 0 spiro atoms. The molecule has 3 nitrogen and oxygen atoms in total. The first-order chi connectivity index (χ1) is 4.66. The van der Waals surface area contributed by atoms with Crippen molar-refractivity contribution in [3.05, 3.63) is 12.7 Å². The van der Waals surface area contributed by atoms with Gasteiger partial charge < -0.3 is 9.84 Å². The molecule has 0 aromatic carbocycles. The lowest BCUT2D eigenvalue weighted by molar-refractivity contribution is -0.138. The summed E-state index contributed by atoms with van der Waals surface area (Å²) in [5, 5.41) is 8.72. The van der Waals surface area contributed by atoms with E-state index in [-0.39, 0.29) is 6.61 Å². The van der Waals surface area contributed by atoms with Crippen molar-refractivity contribution in [1.29, 1.82) is 0 Å². The highest BCUT2D eigenvalue weighted by atomic mass is 16.5. The Morgan fingerprint density at radius 2 is 2.50 bits per heavy atom. The molecule has 0 saturated heterocycles. The summed E-state index contributed by atoms with van der Waals surface area (Å²) in [7, 11) is 0. The van der Waals surface area contributed by atoms with Gasteiger partial charge in [0.15, 0.2) is 0 Å². The summed E-state index contributed by atoms with van der Waals surface area (Å²) in [6, 6.07) is 0. The Balaban J connectivity index is 3.19. The molecule has 1 N–H and O–H groups in total. The van der Waals surface area contributed by atoms with Crippen LogP contribution < -0.4 is 0 Å². The van der Waals surface area contributed by atoms with Crippen LogP contribution in [0.25, 0.3) is 0 Å². The Morgan fingerprint density at radius 3 is 2.90 bits per heavy atom. The molecule has 0 aliphatic rings. The molecule has 58 valence electrons. The molecule has 10 heavy (non-hydrogen) atoms. The standard InChI is InChI=1S/C7H12O3/c1-3-7(9)10-5-4-6(2)8/h3,6,8H,1,4-5H2,2H3/t6-/m1/s1. The van der Waals surface area contributed by atoms with Crippen molar-refractivity contribution in [3.63, 3.8) is 0 Å². The van der Waals surface area contributed by atoms with Gasteiger partial charge in [-0.15, -0.1) is 0 Å². The van der Waals surface area contributed by atoms with Crippen molar-refractivity contribution in [2.75, 3.05) is 6.61 Å². The molecular weight excluding hydrogens is 132 g/mol. The maximum Gasteiger partial charge on any atom is 0.330 e. The van der Waals surface area contributed by atoms with Gasteiger partial charge in [-0.2, -0.15) is 0 Å². The van der Waals surface area contributed by atoms with E-state index in [0.29, 0.717) is 6.42 Å². The summed E-state index contributed by atoms with van der Waals surface area (Å²) in [5.74, 6) is -0.444. The molecule has 0 amide bonds. The van der Waals surface area contributed by atoms with Gasteiger partial charge in [-0.1, -0.05) is 6.58 Å². The van der Waals surface area contributed by atoms with E-state index in [2.05, 4.69) is 11.3 Å². The fourth-order valence-electron chi connectivity index (χ4n) is 0.389. The predicted octanol–water partition coefficient (Wildman–Crippen LogP) is 0.486. The average molecular weight is 144 g/mol. The highest BCUT2D eigenvalue weighted by molar-refractivity contribution is 5.81. The van der Waals surface area contributed by atoms with Gasteiger partial charge in [0.25, 0.3) is 0 Å². The quantitative estimate of drug-likeness (QED) is 0.461. The topological polar surface area (TPSA) is 46.5 Å². The van der Waals surface area contributed by atoms with E-state index in [1.165, 1.54) is 0 Å². The van der Waals surface area contributed by atoms with Crippen molar-refractivity contribution >= 4 is 5.97 Å². The monoisotopic (exact) mass is 144 g/mol. The van der Waals surface area contributed by atoms with Crippen LogP contribution in [0.5, 0.6) is 0 Å². The lowest BCUT2D eigenvalue weighted by atomic mass is 10.3. The third kappa shape index (κ3) is 5.31. The summed E-state index contributed by atoms with van der Waals surface area (Å²) >= 11 is 0. The molecule has 0 fully saturated rings. The van der Waals surface area contributed by atoms with E-state index in [0.717, 1.165) is 6.08 Å². The van der Waals surface area contributed by atoms with Crippen LogP contribution in [0.3, 0.4) is 0 Å². The molecule has 0 radical (unpaired) electrons. The number of carbonyl (C=O) groups is 1. The maximum absolute atomic E-state index is 10.4. The fourth-order valence-corrected chi connectivity index (χ4v) is 0.389. The first-order valence-corrected chi connectivity index (χ1v) is 3.14. The Labute approximate surface area is 60.3 Å². The Kier molecular flexibility index (Phi) is 4.58. The van der Waals surface area contributed by atoms with Crippen molar-refractivity contribution in [3.8, 4) is 0 Å². The molecule has 0 unspecified atom stereocenters. The minimum absolute atomic E-state index is 0.252. The molecule has 0 aromatic heterocycles. The summed E-state index contributed by atoms with van der Waals surface area (Å²) in [6.07, 6.45) is 1.15. The molecule has 0 aliphatic heterocycles. The molecule has 0 heterocycles. The largest absolute Gasteiger partial charge is 0.462 e. The molecule has 3 heteroatoms. The van der Waals surface area contributed by atoms with Crippen LogP contribution in [0.1, 0.15) is 13.3 Å². The van der Waals surface area contributed by atoms with Crippen molar-refractivity contribution in [1.82, 2.24) is 0 Å². The molecule has 0 bridgehead atoms. The molecule has 0 saturated carbocycles. The minimum atomic E-state index is -0.444. The van der Waals surface area contributed by atoms with Gasteiger partial charge in [0.05, 0.1) is 12.7 Å². The van der Waals surface area contributed by atoms with Crippen LogP contribution in [0.15, 0.2) is 12.7 Å². The first-order valence-electron chi connectivity index (χ1n) is 3.14. The van der Waals surface area contributed by atoms with Crippen LogP contribution in [-0.4, -0.2) is 23.8 Å². The number of esters is 1. The number of aliphatic hydroxyl groups is 1. The zero-order valence-corrected chi connectivity index (χ0v) is 6.04. The predicted molar refractivity (Wildman–Crippen MR) is 37.5 cm³/mol. The lowest BCUT2D eigenvalue weighted by Crippen LogP contribution is -2.08. The molecule has 0 aromatic rings. The van der Waals surface area contributed by atoms with Crippen LogP contribution in [0, 0.1) is 0 Å². The number of carbonyl (C=O) groups excluding carboxylic acids is 1. The van der Waals surface area contributed by atoms with Gasteiger partial charge in [0.2, 0.25) is 0 Å². The number of ether oxygens (including phenoxy) is 1. The van der Waals surface area contributed by atoms with Gasteiger partial charge in [-0.3, -0.25) is 0 Å². The van der Waals surface area contributed by atoms with Crippen LogP contribution in [0.4, 0.5) is 0 Å². The van der Waals surface area contributed by atoms with E-state index in [9.17, 15) is 4.79 Å². The van der Waals surface area contributed by atoms with E-state index in [1.807, 2.05) is 0 Å². The minimum Gasteiger partial charge on any atom is -0.462 e. The summed E-state index contributed by atoms with van der Waals surface area (Å²) in [4.78, 5) is 10.4. The zero-order valence-electron chi connectivity index (χ0n) is 6.04. The summed E-state index contributed by atoms with van der Waals surface area (Å²) in [6.45, 7) is 5.11. The van der Waals surface area contributed by atoms with Gasteiger partial charge >= 0.3 is 5.97 Å². The highest BCUT2D eigenvalue weighted by Gasteiger charge is 1.97. The number of hydrogen-bond acceptors (Lipinski definition) is 3. The highest BCUT2D eigenvalue weighted by Crippen LogP contribution is 1.90. The summed E-state index contributed by atoms with van der Waals surface area (Å²) in [5.41, 5.74) is 0. The van der Waals surface area contributed by atoms with E-state index in [4.69, 9.17) is 5.11 Å². The van der Waals surface area contributed by atoms with E-state index >= 15 is 0 Å². The van der Waals surface area contributed by atoms with E-state index < -0.39 is 12.1 Å². The van der Waals surface area contributed by atoms with Gasteiger partial charge in [-0.25, -0.2) is 4.79 Å². The second-order valence-electron chi connectivity index (χ2n) is 2.01. The molecule has 0 rings (SSSR count). The number of aliphatic hydroxyl groups excluding tert-OH is 1. The van der Waals surface area contributed by atoms with Crippen molar-refractivity contribution in [2.24, 2.45) is 0 Å². The lowest BCUT2D eigenvalue weighted by Gasteiger charge is -2.02. The fraction of sp³-hybridized carbons (Fsp3) is 0.571. The Hall–Kier alpha value is -0.830. The molecule has 0 aliphatic carbocycles. The SMILES string of the molecule is C=CC(=O)OCC[C@@H](C)O. The van der Waals surface area contributed by atoms with Crippen LogP contribution >= 0.6 is 0 Å². The maximum atomic E-state index is 10.4. The second-order valence-corrected chi connectivity index (χ2v) is 2.01. The van der Waals surface area contributed by atoms with Crippen LogP contribution in [0.2, 0.25) is 0 Å². The van der Waals surface area contributed by atoms with Gasteiger partial charge in [-0.05, 0) is 6.92 Å². The Bertz CT molecular complexity index is 118. The zero-order chi connectivity index (χ0) is 7.98. The number of hydrogen-bond donors (Lipinski definition) is 1. The first kappa shape index (κ1) is 9.17. The molecule has 1 atom stereocenters. The second kappa shape index (κ2) is 4.99. The van der Waals surface area contributed by atoms with Gasteiger partial charge in [0.1, 0.15) is 0 Å². The average Bonchev–Trinajstić information content (AvgIpc) is 1.87. The van der Waals surface area contributed by atoms with Crippen molar-refractivity contribution in [2.45, 2.75) is 19.4 Å². The van der Waals surface area contributed by atoms with Crippen molar-refractivity contribution < 1.29 is 14.6 Å². The smallest absolute Gasteiger partial charge is 0.330 e. The third-order valence-corrected chi connectivity index (χ3v) is 0.947. The number of rotatable bonds is 4. The third-order valence-electron chi connectivity index (χ3n) is 0.947. The van der Waals surface area contributed by atoms with E-state index in [1.54, 1.807) is 6.92 Å². The summed E-state index contributed by atoms with van der Waals surface area (Å²) < 4.78 is 4.58. The van der Waals surface area contributed by atoms with Gasteiger partial charge in [0, 0.05) is 12.5 Å². The Morgan fingerprint density at radius 1 is 1.90 bits per heavy atom. The normalized spacial score (nSPS) is 12.2. The van der Waals surface area contributed by atoms with Crippen LogP contribution in [-0.2, 0) is 9.53 Å². The molecular formula is C7H12O3.